The van der Waals surface area contributed by atoms with E-state index in [9.17, 15) is 0 Å². The Kier molecular flexibility index (Phi) is 11.6. The lowest BCUT2D eigenvalue weighted by Crippen LogP contribution is -2.18. The van der Waals surface area contributed by atoms with Gasteiger partial charge in [-0.25, -0.2) is 0 Å². The third-order valence-electron chi connectivity index (χ3n) is 3.27. The smallest absolute Gasteiger partial charge is 0.175 e. The molecule has 0 bridgehead atoms. The molecule has 0 spiro atoms. The van der Waals surface area contributed by atoms with Gasteiger partial charge in [0.25, 0.3) is 0 Å². The van der Waals surface area contributed by atoms with E-state index >= 15 is 0 Å². The predicted octanol–water partition coefficient (Wildman–Crippen LogP) is 2.62. The Balaban J connectivity index is 0.000000568. The van der Waals surface area contributed by atoms with Crippen molar-refractivity contribution in [1.29, 1.82) is 0 Å². The van der Waals surface area contributed by atoms with Crippen LogP contribution in [0.15, 0.2) is 48.5 Å². The van der Waals surface area contributed by atoms with Gasteiger partial charge in [-0.3, -0.25) is 0 Å². The number of hydrogen-bond donors (Lipinski definition) is 5. The molecule has 0 heterocycles. The first-order chi connectivity index (χ1) is 13.5. The average Bonchev–Trinajstić information content (AvgIpc) is 2.71. The van der Waals surface area contributed by atoms with Crippen LogP contribution in [0, 0.1) is 0 Å². The summed E-state index contributed by atoms with van der Waals surface area (Å²) in [5.41, 5.74) is 1.82. The third-order valence-corrected chi connectivity index (χ3v) is 3.47. The molecule has 2 aromatic rings. The lowest BCUT2D eigenvalue weighted by atomic mass is 10.3. The van der Waals surface area contributed by atoms with Gasteiger partial charge in [0, 0.05) is 11.4 Å². The van der Waals surface area contributed by atoms with Crippen molar-refractivity contribution >= 4 is 28.7 Å². The van der Waals surface area contributed by atoms with E-state index in [1.54, 1.807) is 0 Å². The first kappa shape index (κ1) is 23.6. The summed E-state index contributed by atoms with van der Waals surface area (Å²) >= 11 is 5.30. The molecule has 2 rings (SSSR count). The van der Waals surface area contributed by atoms with Crippen LogP contribution in [-0.2, 0) is 0 Å². The molecule has 5 N–H and O–H groups in total. The van der Waals surface area contributed by atoms with E-state index in [2.05, 4.69) is 10.6 Å². The van der Waals surface area contributed by atoms with Crippen LogP contribution in [-0.4, -0.2) is 53.0 Å². The fraction of sp³-hybridized carbons (Fsp3) is 0.350. The standard InChI is InChI=1S/C17H20N2O2S.C3H8O3/c1-3-20-15-9-5-13(6-10-15)18-17(22)19-14-7-11-16(12-8-14)21-4-2;4-1-3(6)2-5/h5-12H,3-4H2,1-2H3,(H2,18,19,22);3-6H,1-2H2. The van der Waals surface area contributed by atoms with E-state index in [-0.39, 0.29) is 13.2 Å². The van der Waals surface area contributed by atoms with Crippen molar-refractivity contribution in [3.05, 3.63) is 48.5 Å². The van der Waals surface area contributed by atoms with Crippen LogP contribution in [0.2, 0.25) is 0 Å². The van der Waals surface area contributed by atoms with Crippen molar-refractivity contribution in [2.45, 2.75) is 20.0 Å². The summed E-state index contributed by atoms with van der Waals surface area (Å²) in [6, 6.07) is 15.3. The predicted molar refractivity (Wildman–Crippen MR) is 115 cm³/mol. The van der Waals surface area contributed by atoms with Gasteiger partial charge in [0.15, 0.2) is 5.11 Å². The molecular formula is C20H28N2O5S. The van der Waals surface area contributed by atoms with Gasteiger partial charge in [-0.2, -0.15) is 0 Å². The molecule has 0 aliphatic rings. The summed E-state index contributed by atoms with van der Waals surface area (Å²) in [5.74, 6) is 1.69. The summed E-state index contributed by atoms with van der Waals surface area (Å²) in [6.45, 7) is 4.51. The van der Waals surface area contributed by atoms with Gasteiger partial charge < -0.3 is 35.4 Å². The maximum absolute atomic E-state index is 8.17. The molecule has 7 nitrogen and oxygen atoms in total. The topological polar surface area (TPSA) is 103 Å². The number of benzene rings is 2. The number of anilines is 2. The van der Waals surface area contributed by atoms with E-state index in [1.807, 2.05) is 62.4 Å². The molecule has 0 atom stereocenters. The molecule has 0 fully saturated rings. The molecule has 0 saturated carbocycles. The van der Waals surface area contributed by atoms with Crippen molar-refractivity contribution in [2.75, 3.05) is 37.1 Å². The molecule has 0 aromatic heterocycles. The van der Waals surface area contributed by atoms with Crippen molar-refractivity contribution in [1.82, 2.24) is 0 Å². The van der Waals surface area contributed by atoms with E-state index in [1.165, 1.54) is 0 Å². The Morgan fingerprint density at radius 3 is 1.43 bits per heavy atom. The van der Waals surface area contributed by atoms with Crippen LogP contribution in [0.4, 0.5) is 11.4 Å². The number of aliphatic hydroxyl groups excluding tert-OH is 3. The molecule has 28 heavy (non-hydrogen) atoms. The Morgan fingerprint density at radius 1 is 0.821 bits per heavy atom. The lowest BCUT2D eigenvalue weighted by Gasteiger charge is -2.12. The minimum absolute atomic E-state index is 0.365. The van der Waals surface area contributed by atoms with Crippen LogP contribution < -0.4 is 20.1 Å². The maximum Gasteiger partial charge on any atom is 0.175 e. The Morgan fingerprint density at radius 2 is 1.18 bits per heavy atom. The third kappa shape index (κ3) is 9.52. The number of thiocarbonyl (C=S) groups is 1. The highest BCUT2D eigenvalue weighted by atomic mass is 32.1. The normalized spacial score (nSPS) is 9.93. The molecule has 154 valence electrons. The fourth-order valence-electron chi connectivity index (χ4n) is 1.95. The number of nitrogens with one attached hydrogen (secondary N) is 2. The van der Waals surface area contributed by atoms with Gasteiger partial charge in [-0.05, 0) is 74.6 Å². The summed E-state index contributed by atoms with van der Waals surface area (Å²) < 4.78 is 10.8. The lowest BCUT2D eigenvalue weighted by molar-refractivity contribution is 0.0450. The molecule has 0 saturated heterocycles. The van der Waals surface area contributed by atoms with Gasteiger partial charge in [0.05, 0.1) is 26.4 Å². The highest BCUT2D eigenvalue weighted by Crippen LogP contribution is 2.18. The van der Waals surface area contributed by atoms with E-state index in [4.69, 9.17) is 37.0 Å². The van der Waals surface area contributed by atoms with Gasteiger partial charge in [-0.1, -0.05) is 0 Å². The van der Waals surface area contributed by atoms with Crippen LogP contribution in [0.5, 0.6) is 11.5 Å². The minimum Gasteiger partial charge on any atom is -0.494 e. The fourth-order valence-corrected chi connectivity index (χ4v) is 2.19. The molecule has 0 radical (unpaired) electrons. The number of hydrogen-bond acceptors (Lipinski definition) is 6. The summed E-state index contributed by atoms with van der Waals surface area (Å²) in [6.07, 6.45) is -0.954. The van der Waals surface area contributed by atoms with Gasteiger partial charge in [0.2, 0.25) is 0 Å². The summed E-state index contributed by atoms with van der Waals surface area (Å²) in [5, 5.41) is 30.8. The Labute approximate surface area is 170 Å². The molecular weight excluding hydrogens is 380 g/mol. The zero-order valence-electron chi connectivity index (χ0n) is 16.1. The van der Waals surface area contributed by atoms with Gasteiger partial charge >= 0.3 is 0 Å². The minimum atomic E-state index is -0.954. The van der Waals surface area contributed by atoms with Crippen LogP contribution in [0.3, 0.4) is 0 Å². The second-order valence-electron chi connectivity index (χ2n) is 5.51. The highest BCUT2D eigenvalue weighted by Gasteiger charge is 2.00. The zero-order chi connectivity index (χ0) is 20.8. The quantitative estimate of drug-likeness (QED) is 0.425. The average molecular weight is 409 g/mol. The highest BCUT2D eigenvalue weighted by molar-refractivity contribution is 7.80. The summed E-state index contributed by atoms with van der Waals surface area (Å²) in [7, 11) is 0. The van der Waals surface area contributed by atoms with Crippen molar-refractivity contribution in [3.8, 4) is 11.5 Å². The largest absolute Gasteiger partial charge is 0.494 e. The number of aliphatic hydroxyl groups is 3. The molecule has 0 amide bonds. The molecule has 2 aromatic carbocycles. The Bertz CT molecular complexity index is 623. The first-order valence-electron chi connectivity index (χ1n) is 8.95. The maximum atomic E-state index is 8.17. The van der Waals surface area contributed by atoms with Gasteiger partial charge in [0.1, 0.15) is 17.6 Å². The van der Waals surface area contributed by atoms with Crippen molar-refractivity contribution in [3.63, 3.8) is 0 Å². The van der Waals surface area contributed by atoms with Crippen LogP contribution in [0.1, 0.15) is 13.8 Å². The summed E-state index contributed by atoms with van der Waals surface area (Å²) in [4.78, 5) is 0. The van der Waals surface area contributed by atoms with Gasteiger partial charge in [-0.15, -0.1) is 0 Å². The van der Waals surface area contributed by atoms with E-state index < -0.39 is 6.10 Å². The van der Waals surface area contributed by atoms with Crippen LogP contribution >= 0.6 is 12.2 Å². The van der Waals surface area contributed by atoms with E-state index in [0.29, 0.717) is 18.3 Å². The number of ether oxygens (including phenoxy) is 2. The SMILES string of the molecule is CCOc1ccc(NC(=S)Nc2ccc(OCC)cc2)cc1.OCC(O)CO. The number of rotatable bonds is 8. The molecule has 0 unspecified atom stereocenters. The molecule has 8 heteroatoms. The zero-order valence-corrected chi connectivity index (χ0v) is 16.9. The van der Waals surface area contributed by atoms with Crippen molar-refractivity contribution in [2.24, 2.45) is 0 Å². The van der Waals surface area contributed by atoms with Crippen molar-refractivity contribution < 1.29 is 24.8 Å². The molecule has 0 aliphatic heterocycles. The first-order valence-corrected chi connectivity index (χ1v) is 9.36. The monoisotopic (exact) mass is 408 g/mol. The second kappa shape index (κ2) is 13.7. The van der Waals surface area contributed by atoms with E-state index in [0.717, 1.165) is 22.9 Å². The molecule has 0 aliphatic carbocycles. The Hall–Kier alpha value is -2.39. The van der Waals surface area contributed by atoms with Crippen LogP contribution in [0.25, 0.3) is 0 Å². The second-order valence-corrected chi connectivity index (χ2v) is 5.92.